The van der Waals surface area contributed by atoms with Crippen LogP contribution in [-0.2, 0) is 4.74 Å². The highest BCUT2D eigenvalue weighted by atomic mass is 35.5. The Labute approximate surface area is 93.2 Å². The van der Waals surface area contributed by atoms with Gasteiger partial charge in [-0.15, -0.1) is 12.4 Å². The smallest absolute Gasteiger partial charge is 0.0495 e. The minimum absolute atomic E-state index is 0. The SMILES string of the molecule is C1CNCCC(CC2CCOC2)C1.Cl. The molecule has 0 aromatic carbocycles. The van der Waals surface area contributed by atoms with Gasteiger partial charge in [-0.05, 0) is 57.0 Å². The van der Waals surface area contributed by atoms with Crippen molar-refractivity contribution in [3.63, 3.8) is 0 Å². The van der Waals surface area contributed by atoms with E-state index in [9.17, 15) is 0 Å². The molecule has 2 saturated heterocycles. The molecule has 2 aliphatic rings. The van der Waals surface area contributed by atoms with E-state index in [1.54, 1.807) is 0 Å². The summed E-state index contributed by atoms with van der Waals surface area (Å²) in [5.41, 5.74) is 0. The van der Waals surface area contributed by atoms with Gasteiger partial charge in [-0.1, -0.05) is 0 Å². The Kier molecular flexibility index (Phi) is 5.83. The molecule has 84 valence electrons. The highest BCUT2D eigenvalue weighted by Gasteiger charge is 2.21. The molecule has 2 unspecified atom stereocenters. The average molecular weight is 220 g/mol. The third-order valence-electron chi connectivity index (χ3n) is 3.39. The van der Waals surface area contributed by atoms with E-state index in [1.165, 1.54) is 45.2 Å². The zero-order valence-corrected chi connectivity index (χ0v) is 9.65. The molecule has 0 aromatic heterocycles. The number of nitrogens with one attached hydrogen (secondary N) is 1. The van der Waals surface area contributed by atoms with E-state index >= 15 is 0 Å². The van der Waals surface area contributed by atoms with Crippen LogP contribution in [0.15, 0.2) is 0 Å². The predicted molar refractivity (Wildman–Crippen MR) is 61.0 cm³/mol. The summed E-state index contributed by atoms with van der Waals surface area (Å²) in [7, 11) is 0. The van der Waals surface area contributed by atoms with Crippen molar-refractivity contribution in [1.82, 2.24) is 5.32 Å². The Morgan fingerprint density at radius 2 is 2.00 bits per heavy atom. The zero-order valence-electron chi connectivity index (χ0n) is 8.84. The van der Waals surface area contributed by atoms with Crippen LogP contribution < -0.4 is 5.32 Å². The average Bonchev–Trinajstić information content (AvgIpc) is 2.49. The first-order valence-electron chi connectivity index (χ1n) is 5.73. The fraction of sp³-hybridized carbons (Fsp3) is 1.00. The van der Waals surface area contributed by atoms with Crippen molar-refractivity contribution in [3.8, 4) is 0 Å². The van der Waals surface area contributed by atoms with Crippen molar-refractivity contribution in [2.75, 3.05) is 26.3 Å². The van der Waals surface area contributed by atoms with Crippen LogP contribution in [0, 0.1) is 11.8 Å². The van der Waals surface area contributed by atoms with E-state index in [4.69, 9.17) is 4.74 Å². The van der Waals surface area contributed by atoms with Gasteiger partial charge in [0.25, 0.3) is 0 Å². The molecule has 1 N–H and O–H groups in total. The van der Waals surface area contributed by atoms with E-state index in [-0.39, 0.29) is 12.4 Å². The van der Waals surface area contributed by atoms with Gasteiger partial charge >= 0.3 is 0 Å². The fourth-order valence-electron chi connectivity index (χ4n) is 2.57. The van der Waals surface area contributed by atoms with Gasteiger partial charge in [0.05, 0.1) is 0 Å². The van der Waals surface area contributed by atoms with E-state index in [1.807, 2.05) is 0 Å². The first kappa shape index (κ1) is 12.3. The van der Waals surface area contributed by atoms with Crippen LogP contribution in [0.2, 0.25) is 0 Å². The second kappa shape index (κ2) is 6.65. The van der Waals surface area contributed by atoms with Gasteiger partial charge in [-0.3, -0.25) is 0 Å². The van der Waals surface area contributed by atoms with Crippen LogP contribution in [0.25, 0.3) is 0 Å². The largest absolute Gasteiger partial charge is 0.381 e. The Bertz CT molecular complexity index is 140. The summed E-state index contributed by atoms with van der Waals surface area (Å²) >= 11 is 0. The van der Waals surface area contributed by atoms with Crippen LogP contribution in [0.5, 0.6) is 0 Å². The first-order valence-corrected chi connectivity index (χ1v) is 5.73. The predicted octanol–water partition coefficient (Wildman–Crippen LogP) is 2.22. The summed E-state index contributed by atoms with van der Waals surface area (Å²) in [5.74, 6) is 1.85. The van der Waals surface area contributed by atoms with Gasteiger partial charge in [0.15, 0.2) is 0 Å². The highest BCUT2D eigenvalue weighted by Crippen LogP contribution is 2.26. The molecule has 0 spiro atoms. The standard InChI is InChI=1S/C11H21NO.ClH/c1-2-10(3-6-12-5-1)8-11-4-7-13-9-11;/h10-12H,1-9H2;1H. The van der Waals surface area contributed by atoms with Crippen LogP contribution in [0.1, 0.15) is 32.1 Å². The third-order valence-corrected chi connectivity index (χ3v) is 3.39. The van der Waals surface area contributed by atoms with Gasteiger partial charge in [0.2, 0.25) is 0 Å². The van der Waals surface area contributed by atoms with E-state index in [0.29, 0.717) is 0 Å². The Morgan fingerprint density at radius 3 is 2.79 bits per heavy atom. The second-order valence-electron chi connectivity index (χ2n) is 4.51. The maximum Gasteiger partial charge on any atom is 0.0495 e. The summed E-state index contributed by atoms with van der Waals surface area (Å²) in [6.45, 7) is 4.51. The van der Waals surface area contributed by atoms with Gasteiger partial charge in [0.1, 0.15) is 0 Å². The van der Waals surface area contributed by atoms with Gasteiger partial charge in [0, 0.05) is 13.2 Å². The van der Waals surface area contributed by atoms with Crippen molar-refractivity contribution in [3.05, 3.63) is 0 Å². The molecule has 0 radical (unpaired) electrons. The van der Waals surface area contributed by atoms with Crippen molar-refractivity contribution in [1.29, 1.82) is 0 Å². The van der Waals surface area contributed by atoms with Gasteiger partial charge in [-0.25, -0.2) is 0 Å². The lowest BCUT2D eigenvalue weighted by atomic mass is 9.89. The summed E-state index contributed by atoms with van der Waals surface area (Å²) in [6.07, 6.45) is 6.92. The second-order valence-corrected chi connectivity index (χ2v) is 4.51. The molecule has 0 saturated carbocycles. The van der Waals surface area contributed by atoms with Crippen molar-refractivity contribution in [2.24, 2.45) is 11.8 Å². The van der Waals surface area contributed by atoms with Crippen molar-refractivity contribution < 1.29 is 4.74 Å². The van der Waals surface area contributed by atoms with Gasteiger partial charge < -0.3 is 10.1 Å². The first-order chi connectivity index (χ1) is 6.45. The Morgan fingerprint density at radius 1 is 1.07 bits per heavy atom. The minimum Gasteiger partial charge on any atom is -0.381 e. The Hall–Kier alpha value is 0.210. The number of hydrogen-bond acceptors (Lipinski definition) is 2. The number of ether oxygens (including phenoxy) is 1. The van der Waals surface area contributed by atoms with E-state index in [0.717, 1.165) is 25.0 Å². The van der Waals surface area contributed by atoms with Crippen LogP contribution in [0.4, 0.5) is 0 Å². The van der Waals surface area contributed by atoms with Crippen molar-refractivity contribution >= 4 is 12.4 Å². The molecule has 2 aliphatic heterocycles. The normalized spacial score (nSPS) is 33.4. The molecule has 3 heteroatoms. The number of halogens is 1. The molecular formula is C11H22ClNO. The molecule has 0 bridgehead atoms. The molecule has 2 rings (SSSR count). The van der Waals surface area contributed by atoms with E-state index < -0.39 is 0 Å². The van der Waals surface area contributed by atoms with Crippen LogP contribution in [-0.4, -0.2) is 26.3 Å². The number of hydrogen-bond donors (Lipinski definition) is 1. The molecule has 2 heterocycles. The maximum absolute atomic E-state index is 5.41. The monoisotopic (exact) mass is 219 g/mol. The topological polar surface area (TPSA) is 21.3 Å². The lowest BCUT2D eigenvalue weighted by Crippen LogP contribution is -2.15. The fourth-order valence-corrected chi connectivity index (χ4v) is 2.57. The third kappa shape index (κ3) is 3.76. The lowest BCUT2D eigenvalue weighted by Gasteiger charge is -2.16. The van der Waals surface area contributed by atoms with Gasteiger partial charge in [-0.2, -0.15) is 0 Å². The molecule has 0 aliphatic carbocycles. The van der Waals surface area contributed by atoms with E-state index in [2.05, 4.69) is 5.32 Å². The summed E-state index contributed by atoms with van der Waals surface area (Å²) in [5, 5.41) is 3.47. The molecule has 0 aromatic rings. The molecule has 2 nitrogen and oxygen atoms in total. The summed E-state index contributed by atoms with van der Waals surface area (Å²) in [4.78, 5) is 0. The molecule has 0 amide bonds. The zero-order chi connectivity index (χ0) is 8.93. The molecular weight excluding hydrogens is 198 g/mol. The Balaban J connectivity index is 0.000000980. The maximum atomic E-state index is 5.41. The minimum atomic E-state index is 0. The van der Waals surface area contributed by atoms with Crippen molar-refractivity contribution in [2.45, 2.75) is 32.1 Å². The molecule has 2 fully saturated rings. The van der Waals surface area contributed by atoms with Crippen LogP contribution >= 0.6 is 12.4 Å². The lowest BCUT2D eigenvalue weighted by molar-refractivity contribution is 0.179. The highest BCUT2D eigenvalue weighted by molar-refractivity contribution is 5.85. The molecule has 14 heavy (non-hydrogen) atoms. The summed E-state index contributed by atoms with van der Waals surface area (Å²) < 4.78 is 5.41. The number of rotatable bonds is 2. The van der Waals surface area contributed by atoms with Crippen LogP contribution in [0.3, 0.4) is 0 Å². The molecule has 2 atom stereocenters. The summed E-state index contributed by atoms with van der Waals surface area (Å²) in [6, 6.07) is 0. The quantitative estimate of drug-likeness (QED) is 0.769.